The maximum Gasteiger partial charge on any atom is 0.228 e. The Hall–Kier alpha value is -2.03. The first kappa shape index (κ1) is 13.0. The minimum Gasteiger partial charge on any atom is -0.437 e. The van der Waals surface area contributed by atoms with E-state index in [-0.39, 0.29) is 5.78 Å². The molecule has 1 saturated heterocycles. The Kier molecular flexibility index (Phi) is 3.35. The van der Waals surface area contributed by atoms with Gasteiger partial charge in [-0.25, -0.2) is 0 Å². The minimum absolute atomic E-state index is 0.0343. The first-order chi connectivity index (χ1) is 9.65. The highest BCUT2D eigenvalue weighted by Gasteiger charge is 2.20. The van der Waals surface area contributed by atoms with Crippen molar-refractivity contribution in [2.75, 3.05) is 18.0 Å². The third kappa shape index (κ3) is 2.36. The predicted octanol–water partition coefficient (Wildman–Crippen LogP) is 3.73. The van der Waals surface area contributed by atoms with Crippen molar-refractivity contribution in [1.29, 1.82) is 0 Å². The number of anilines is 1. The van der Waals surface area contributed by atoms with E-state index < -0.39 is 0 Å². The van der Waals surface area contributed by atoms with Crippen LogP contribution in [0.3, 0.4) is 0 Å². The van der Waals surface area contributed by atoms with Crippen LogP contribution in [0.1, 0.15) is 40.1 Å². The van der Waals surface area contributed by atoms with Gasteiger partial charge in [-0.15, -0.1) is 0 Å². The summed E-state index contributed by atoms with van der Waals surface area (Å²) in [6.45, 7) is 6.03. The average Bonchev–Trinajstić information content (AvgIpc) is 3.09. The largest absolute Gasteiger partial charge is 0.437 e. The summed E-state index contributed by atoms with van der Waals surface area (Å²) in [5.41, 5.74) is 2.88. The summed E-state index contributed by atoms with van der Waals surface area (Å²) in [4.78, 5) is 14.7. The van der Waals surface area contributed by atoms with Crippen molar-refractivity contribution in [2.45, 2.75) is 26.7 Å². The minimum atomic E-state index is -0.0343. The van der Waals surface area contributed by atoms with Crippen LogP contribution in [-0.2, 0) is 0 Å². The number of carbonyl (C=O) groups excluding carboxylic acids is 1. The third-order valence-electron chi connectivity index (χ3n) is 3.86. The van der Waals surface area contributed by atoms with Crippen molar-refractivity contribution in [3.63, 3.8) is 0 Å². The highest BCUT2D eigenvalue weighted by Crippen LogP contribution is 2.25. The van der Waals surface area contributed by atoms with Crippen molar-refractivity contribution in [2.24, 2.45) is 0 Å². The van der Waals surface area contributed by atoms with E-state index in [4.69, 9.17) is 4.42 Å². The maximum atomic E-state index is 12.5. The van der Waals surface area contributed by atoms with E-state index >= 15 is 0 Å². The van der Waals surface area contributed by atoms with Crippen LogP contribution >= 0.6 is 0 Å². The Morgan fingerprint density at radius 3 is 2.55 bits per heavy atom. The second-order valence-electron chi connectivity index (χ2n) is 5.48. The van der Waals surface area contributed by atoms with Crippen molar-refractivity contribution in [3.05, 3.63) is 52.8 Å². The van der Waals surface area contributed by atoms with Crippen LogP contribution in [0, 0.1) is 13.8 Å². The molecule has 0 saturated carbocycles. The molecule has 2 heterocycles. The van der Waals surface area contributed by atoms with Crippen LogP contribution in [0.5, 0.6) is 0 Å². The van der Waals surface area contributed by atoms with E-state index in [1.165, 1.54) is 12.8 Å². The summed E-state index contributed by atoms with van der Waals surface area (Å²) < 4.78 is 5.75. The van der Waals surface area contributed by atoms with Crippen LogP contribution in [-0.4, -0.2) is 18.9 Å². The number of rotatable bonds is 3. The molecule has 3 rings (SSSR count). The molecule has 2 aromatic rings. The lowest BCUT2D eigenvalue weighted by atomic mass is 10.0. The van der Waals surface area contributed by atoms with Gasteiger partial charge in [0.2, 0.25) is 5.78 Å². The van der Waals surface area contributed by atoms with Gasteiger partial charge in [0, 0.05) is 24.7 Å². The monoisotopic (exact) mass is 269 g/mol. The number of hydrogen-bond acceptors (Lipinski definition) is 3. The van der Waals surface area contributed by atoms with Gasteiger partial charge in [-0.05, 0) is 38.3 Å². The molecule has 0 spiro atoms. The van der Waals surface area contributed by atoms with E-state index in [0.717, 1.165) is 35.7 Å². The van der Waals surface area contributed by atoms with Gasteiger partial charge in [0.25, 0.3) is 0 Å². The number of hydrogen-bond donors (Lipinski definition) is 0. The number of ketones is 1. The maximum absolute atomic E-state index is 12.5. The predicted molar refractivity (Wildman–Crippen MR) is 79.5 cm³/mol. The van der Waals surface area contributed by atoms with E-state index in [0.29, 0.717) is 5.76 Å². The molecular weight excluding hydrogens is 250 g/mol. The average molecular weight is 269 g/mol. The first-order valence-corrected chi connectivity index (χ1v) is 7.12. The highest BCUT2D eigenvalue weighted by molar-refractivity contribution is 6.08. The molecule has 1 fully saturated rings. The Balaban J connectivity index is 1.86. The fourth-order valence-electron chi connectivity index (χ4n) is 2.76. The lowest BCUT2D eigenvalue weighted by molar-refractivity contribution is 0.101. The van der Waals surface area contributed by atoms with E-state index in [9.17, 15) is 4.79 Å². The van der Waals surface area contributed by atoms with Crippen LogP contribution in [0.25, 0.3) is 0 Å². The molecule has 0 aliphatic carbocycles. The first-order valence-electron chi connectivity index (χ1n) is 7.12. The molecule has 1 aromatic carbocycles. The zero-order chi connectivity index (χ0) is 14.1. The molecule has 0 unspecified atom stereocenters. The van der Waals surface area contributed by atoms with Crippen molar-refractivity contribution >= 4 is 11.7 Å². The summed E-state index contributed by atoms with van der Waals surface area (Å²) in [6, 6.07) is 9.56. The molecule has 1 aliphatic heterocycles. The van der Waals surface area contributed by atoms with Crippen LogP contribution in [0.15, 0.2) is 34.7 Å². The molecule has 20 heavy (non-hydrogen) atoms. The summed E-state index contributed by atoms with van der Waals surface area (Å²) in [6.07, 6.45) is 2.39. The smallest absolute Gasteiger partial charge is 0.228 e. The standard InChI is InChI=1S/C17H19NO2/c1-12-5-6-14(13(2)11-12)17(19)15-7-8-16(20-15)18-9-3-4-10-18/h5-8,11H,3-4,9-10H2,1-2H3. The van der Waals surface area contributed by atoms with Crippen molar-refractivity contribution < 1.29 is 9.21 Å². The molecule has 0 atom stereocenters. The van der Waals surface area contributed by atoms with Gasteiger partial charge < -0.3 is 9.32 Å². The lowest BCUT2D eigenvalue weighted by Gasteiger charge is -2.12. The van der Waals surface area contributed by atoms with Gasteiger partial charge in [0.15, 0.2) is 11.6 Å². The Labute approximate surface area is 119 Å². The SMILES string of the molecule is Cc1ccc(C(=O)c2ccc(N3CCCC3)o2)c(C)c1. The Morgan fingerprint density at radius 2 is 1.85 bits per heavy atom. The van der Waals surface area contributed by atoms with E-state index in [1.807, 2.05) is 38.1 Å². The van der Waals surface area contributed by atoms with Gasteiger partial charge in [0.05, 0.1) is 0 Å². The van der Waals surface area contributed by atoms with Gasteiger partial charge in [-0.2, -0.15) is 0 Å². The number of furan rings is 1. The molecule has 0 amide bonds. The zero-order valence-corrected chi connectivity index (χ0v) is 12.0. The topological polar surface area (TPSA) is 33.5 Å². The van der Waals surface area contributed by atoms with E-state index in [2.05, 4.69) is 4.90 Å². The second kappa shape index (κ2) is 5.16. The van der Waals surface area contributed by atoms with Gasteiger partial charge in [-0.1, -0.05) is 23.8 Å². The van der Waals surface area contributed by atoms with Crippen LogP contribution < -0.4 is 4.90 Å². The molecular formula is C17H19NO2. The summed E-state index contributed by atoms with van der Waals surface area (Å²) in [5, 5.41) is 0. The molecule has 1 aliphatic rings. The fraction of sp³-hybridized carbons (Fsp3) is 0.353. The molecule has 0 bridgehead atoms. The molecule has 3 heteroatoms. The fourth-order valence-corrected chi connectivity index (χ4v) is 2.76. The number of carbonyl (C=O) groups is 1. The number of benzene rings is 1. The molecule has 0 radical (unpaired) electrons. The summed E-state index contributed by atoms with van der Waals surface area (Å²) >= 11 is 0. The quantitative estimate of drug-likeness (QED) is 0.796. The highest BCUT2D eigenvalue weighted by atomic mass is 16.4. The lowest BCUT2D eigenvalue weighted by Crippen LogP contribution is -2.16. The van der Waals surface area contributed by atoms with Crippen molar-refractivity contribution in [1.82, 2.24) is 0 Å². The number of nitrogens with zero attached hydrogens (tertiary/aromatic N) is 1. The Morgan fingerprint density at radius 1 is 1.10 bits per heavy atom. The summed E-state index contributed by atoms with van der Waals surface area (Å²) in [5.74, 6) is 1.21. The third-order valence-corrected chi connectivity index (χ3v) is 3.86. The van der Waals surface area contributed by atoms with Crippen molar-refractivity contribution in [3.8, 4) is 0 Å². The van der Waals surface area contributed by atoms with E-state index in [1.54, 1.807) is 6.07 Å². The summed E-state index contributed by atoms with van der Waals surface area (Å²) in [7, 11) is 0. The molecule has 104 valence electrons. The van der Waals surface area contributed by atoms with Crippen LogP contribution in [0.4, 0.5) is 5.88 Å². The Bertz CT molecular complexity index is 636. The second-order valence-corrected chi connectivity index (χ2v) is 5.48. The number of aryl methyl sites for hydroxylation is 2. The van der Waals surface area contributed by atoms with Crippen LogP contribution in [0.2, 0.25) is 0 Å². The molecule has 1 aromatic heterocycles. The zero-order valence-electron chi connectivity index (χ0n) is 12.0. The molecule has 0 N–H and O–H groups in total. The van der Waals surface area contributed by atoms with Gasteiger partial charge in [0.1, 0.15) is 0 Å². The normalized spacial score (nSPS) is 14.8. The van der Waals surface area contributed by atoms with Gasteiger partial charge in [-0.3, -0.25) is 4.79 Å². The van der Waals surface area contributed by atoms with Gasteiger partial charge >= 0.3 is 0 Å². The molecule has 3 nitrogen and oxygen atoms in total.